The second-order valence-corrected chi connectivity index (χ2v) is 5.35. The van der Waals surface area contributed by atoms with E-state index in [-0.39, 0.29) is 6.04 Å². The number of hydrogen-bond acceptors (Lipinski definition) is 4. The third-order valence-corrected chi connectivity index (χ3v) is 3.79. The van der Waals surface area contributed by atoms with E-state index in [1.165, 1.54) is 10.5 Å². The number of hydrogen-bond donors (Lipinski definition) is 2. The van der Waals surface area contributed by atoms with Gasteiger partial charge in [-0.05, 0) is 25.1 Å². The number of aryl methyl sites for hydroxylation is 2. The van der Waals surface area contributed by atoms with Gasteiger partial charge in [0.05, 0.1) is 11.7 Å². The Kier molecular flexibility index (Phi) is 4.41. The SMILES string of the molecule is Cc1cccc(SCC(NN)c2ccn(C)n2)c1. The van der Waals surface area contributed by atoms with Crippen LogP contribution in [0.1, 0.15) is 17.3 Å². The molecule has 0 bridgehead atoms. The van der Waals surface area contributed by atoms with Crippen LogP contribution >= 0.6 is 11.8 Å². The van der Waals surface area contributed by atoms with E-state index < -0.39 is 0 Å². The quantitative estimate of drug-likeness (QED) is 0.492. The normalized spacial score (nSPS) is 12.6. The summed E-state index contributed by atoms with van der Waals surface area (Å²) < 4.78 is 1.79. The second-order valence-electron chi connectivity index (χ2n) is 4.26. The van der Waals surface area contributed by atoms with Crippen molar-refractivity contribution < 1.29 is 0 Å². The van der Waals surface area contributed by atoms with Crippen molar-refractivity contribution in [1.82, 2.24) is 15.2 Å². The van der Waals surface area contributed by atoms with Crippen LogP contribution in [0.25, 0.3) is 0 Å². The molecule has 0 amide bonds. The number of rotatable bonds is 5. The first kappa shape index (κ1) is 13.1. The van der Waals surface area contributed by atoms with Crippen molar-refractivity contribution in [2.75, 3.05) is 5.75 Å². The summed E-state index contributed by atoms with van der Waals surface area (Å²) in [4.78, 5) is 1.26. The summed E-state index contributed by atoms with van der Waals surface area (Å²) in [6.45, 7) is 2.10. The third-order valence-electron chi connectivity index (χ3n) is 2.70. The van der Waals surface area contributed by atoms with Gasteiger partial charge in [-0.25, -0.2) is 0 Å². The lowest BCUT2D eigenvalue weighted by Gasteiger charge is -2.13. The summed E-state index contributed by atoms with van der Waals surface area (Å²) in [6.07, 6.45) is 1.93. The molecule has 1 heterocycles. The first-order chi connectivity index (χ1) is 8.69. The Balaban J connectivity index is 1.99. The summed E-state index contributed by atoms with van der Waals surface area (Å²) >= 11 is 1.78. The zero-order chi connectivity index (χ0) is 13.0. The van der Waals surface area contributed by atoms with E-state index in [2.05, 4.69) is 41.7 Å². The molecule has 0 fully saturated rings. The standard InChI is InChI=1S/C13H18N4S/c1-10-4-3-5-11(8-10)18-9-13(15-14)12-6-7-17(2)16-12/h3-8,13,15H,9,14H2,1-2H3. The molecule has 0 saturated carbocycles. The van der Waals surface area contributed by atoms with Crippen LogP contribution in [-0.2, 0) is 7.05 Å². The number of thioether (sulfide) groups is 1. The second kappa shape index (κ2) is 6.04. The fourth-order valence-corrected chi connectivity index (χ4v) is 2.79. The lowest BCUT2D eigenvalue weighted by atomic mass is 10.2. The summed E-state index contributed by atoms with van der Waals surface area (Å²) in [5, 5.41) is 4.37. The molecule has 18 heavy (non-hydrogen) atoms. The molecule has 5 heteroatoms. The van der Waals surface area contributed by atoms with Crippen molar-refractivity contribution in [3.63, 3.8) is 0 Å². The molecule has 0 aliphatic carbocycles. The highest BCUT2D eigenvalue weighted by molar-refractivity contribution is 7.99. The van der Waals surface area contributed by atoms with Gasteiger partial charge in [0.2, 0.25) is 0 Å². The van der Waals surface area contributed by atoms with Crippen LogP contribution in [0.5, 0.6) is 0 Å². The Labute approximate surface area is 112 Å². The fourth-order valence-electron chi connectivity index (χ4n) is 1.72. The monoisotopic (exact) mass is 262 g/mol. The molecule has 1 atom stereocenters. The van der Waals surface area contributed by atoms with Gasteiger partial charge >= 0.3 is 0 Å². The molecule has 4 nitrogen and oxygen atoms in total. The smallest absolute Gasteiger partial charge is 0.0815 e. The Morgan fingerprint density at radius 3 is 2.89 bits per heavy atom. The van der Waals surface area contributed by atoms with Gasteiger partial charge in [0.25, 0.3) is 0 Å². The van der Waals surface area contributed by atoms with E-state index in [0.717, 1.165) is 11.4 Å². The maximum atomic E-state index is 5.60. The molecule has 0 spiro atoms. The fraction of sp³-hybridized carbons (Fsp3) is 0.308. The highest BCUT2D eigenvalue weighted by Crippen LogP contribution is 2.24. The highest BCUT2D eigenvalue weighted by atomic mass is 32.2. The third kappa shape index (κ3) is 3.35. The number of nitrogens with one attached hydrogen (secondary N) is 1. The molecular formula is C13H18N4S. The number of aromatic nitrogens is 2. The van der Waals surface area contributed by atoms with Crippen molar-refractivity contribution in [3.8, 4) is 0 Å². The first-order valence-electron chi connectivity index (χ1n) is 5.84. The molecule has 0 radical (unpaired) electrons. The largest absolute Gasteiger partial charge is 0.275 e. The maximum Gasteiger partial charge on any atom is 0.0815 e. The Morgan fingerprint density at radius 2 is 2.28 bits per heavy atom. The Morgan fingerprint density at radius 1 is 1.44 bits per heavy atom. The molecule has 1 aromatic carbocycles. The van der Waals surface area contributed by atoms with E-state index in [0.29, 0.717) is 0 Å². The van der Waals surface area contributed by atoms with Crippen LogP contribution in [0.4, 0.5) is 0 Å². The predicted molar refractivity (Wildman–Crippen MR) is 75.2 cm³/mol. The summed E-state index contributed by atoms with van der Waals surface area (Å²) in [5.41, 5.74) is 5.07. The van der Waals surface area contributed by atoms with Crippen LogP contribution in [0.15, 0.2) is 41.4 Å². The van der Waals surface area contributed by atoms with Gasteiger partial charge in [0.1, 0.15) is 0 Å². The van der Waals surface area contributed by atoms with E-state index >= 15 is 0 Å². The van der Waals surface area contributed by atoms with E-state index in [1.54, 1.807) is 16.4 Å². The molecule has 1 unspecified atom stereocenters. The minimum absolute atomic E-state index is 0.0664. The molecule has 1 aromatic heterocycles. The van der Waals surface area contributed by atoms with Crippen molar-refractivity contribution in [2.24, 2.45) is 12.9 Å². The number of nitrogens with two attached hydrogens (primary N) is 1. The van der Waals surface area contributed by atoms with Crippen LogP contribution in [0.3, 0.4) is 0 Å². The van der Waals surface area contributed by atoms with Gasteiger partial charge in [-0.15, -0.1) is 11.8 Å². The first-order valence-corrected chi connectivity index (χ1v) is 6.83. The van der Waals surface area contributed by atoms with Gasteiger partial charge in [-0.1, -0.05) is 17.7 Å². The van der Waals surface area contributed by atoms with Crippen molar-refractivity contribution in [1.29, 1.82) is 0 Å². The van der Waals surface area contributed by atoms with Crippen molar-refractivity contribution in [3.05, 3.63) is 47.8 Å². The van der Waals surface area contributed by atoms with Gasteiger partial charge < -0.3 is 0 Å². The van der Waals surface area contributed by atoms with Crippen molar-refractivity contribution in [2.45, 2.75) is 17.9 Å². The van der Waals surface area contributed by atoms with Crippen LogP contribution < -0.4 is 11.3 Å². The molecule has 0 aliphatic rings. The van der Waals surface area contributed by atoms with Crippen LogP contribution in [-0.4, -0.2) is 15.5 Å². The topological polar surface area (TPSA) is 55.9 Å². The minimum Gasteiger partial charge on any atom is -0.275 e. The molecule has 2 rings (SSSR count). The van der Waals surface area contributed by atoms with Crippen LogP contribution in [0, 0.1) is 6.92 Å². The minimum atomic E-state index is 0.0664. The Bertz CT molecular complexity index is 509. The molecular weight excluding hydrogens is 244 g/mol. The molecule has 0 saturated heterocycles. The molecule has 3 N–H and O–H groups in total. The van der Waals surface area contributed by atoms with Gasteiger partial charge in [-0.2, -0.15) is 5.10 Å². The van der Waals surface area contributed by atoms with Gasteiger partial charge in [0.15, 0.2) is 0 Å². The highest BCUT2D eigenvalue weighted by Gasteiger charge is 2.12. The average Bonchev–Trinajstić information content (AvgIpc) is 2.77. The summed E-state index contributed by atoms with van der Waals surface area (Å²) in [7, 11) is 1.91. The predicted octanol–water partition coefficient (Wildman–Crippen LogP) is 2.03. The zero-order valence-electron chi connectivity index (χ0n) is 10.6. The van der Waals surface area contributed by atoms with E-state index in [4.69, 9.17) is 5.84 Å². The average molecular weight is 262 g/mol. The van der Waals surface area contributed by atoms with E-state index in [9.17, 15) is 0 Å². The molecule has 0 aliphatic heterocycles. The Hall–Kier alpha value is -1.30. The van der Waals surface area contributed by atoms with Crippen LogP contribution in [0.2, 0.25) is 0 Å². The zero-order valence-corrected chi connectivity index (χ0v) is 11.4. The van der Waals surface area contributed by atoms with Gasteiger partial charge in [-0.3, -0.25) is 16.0 Å². The molecule has 2 aromatic rings. The molecule has 96 valence electrons. The number of nitrogens with zero attached hydrogens (tertiary/aromatic N) is 2. The maximum absolute atomic E-state index is 5.60. The van der Waals surface area contributed by atoms with Gasteiger partial charge in [0, 0.05) is 23.9 Å². The van der Waals surface area contributed by atoms with E-state index in [1.807, 2.05) is 19.3 Å². The lowest BCUT2D eigenvalue weighted by molar-refractivity contribution is 0.581. The number of hydrazine groups is 1. The van der Waals surface area contributed by atoms with Crippen molar-refractivity contribution >= 4 is 11.8 Å². The lowest BCUT2D eigenvalue weighted by Crippen LogP contribution is -2.30. The number of benzene rings is 1. The summed E-state index contributed by atoms with van der Waals surface area (Å²) in [5.74, 6) is 6.45. The summed E-state index contributed by atoms with van der Waals surface area (Å²) in [6, 6.07) is 10.5.